The molecule has 0 bridgehead atoms. The molecule has 1 fully saturated rings. The first-order chi connectivity index (χ1) is 15.7. The normalized spacial score (nSPS) is 15.6. The minimum absolute atomic E-state index is 0.199. The number of hydrogen-bond donors (Lipinski definition) is 1. The largest absolute Gasteiger partial charge is 0.437 e. The van der Waals surface area contributed by atoms with Crippen LogP contribution in [-0.4, -0.2) is 25.9 Å². The summed E-state index contributed by atoms with van der Waals surface area (Å²) < 4.78 is 7.74. The number of anilines is 1. The molecule has 1 aliphatic rings. The lowest BCUT2D eigenvalue weighted by atomic mass is 9.84. The van der Waals surface area contributed by atoms with Crippen LogP contribution in [0.3, 0.4) is 0 Å². The van der Waals surface area contributed by atoms with E-state index >= 15 is 0 Å². The van der Waals surface area contributed by atoms with Crippen LogP contribution in [0, 0.1) is 5.92 Å². The lowest BCUT2D eigenvalue weighted by Crippen LogP contribution is -2.27. The fourth-order valence-corrected chi connectivity index (χ4v) is 4.64. The minimum Gasteiger partial charge on any atom is -0.437 e. The van der Waals surface area contributed by atoms with E-state index in [1.54, 1.807) is 12.1 Å². The monoisotopic (exact) mass is 447 g/mol. The third kappa shape index (κ3) is 4.41. The molecule has 1 saturated carbocycles. The van der Waals surface area contributed by atoms with Crippen LogP contribution >= 0.6 is 11.6 Å². The second kappa shape index (κ2) is 9.17. The molecule has 1 N–H and O–H groups in total. The quantitative estimate of drug-likeness (QED) is 0.360. The van der Waals surface area contributed by atoms with Crippen molar-refractivity contribution in [3.05, 3.63) is 65.9 Å². The molecular weight excluding hydrogens is 422 g/mol. The molecule has 1 atom stereocenters. The first-order valence-corrected chi connectivity index (χ1v) is 11.6. The number of benzene rings is 2. The minimum atomic E-state index is 0.199. The Balaban J connectivity index is 1.47. The van der Waals surface area contributed by atoms with Crippen LogP contribution < -0.4 is 10.1 Å². The van der Waals surface area contributed by atoms with E-state index in [4.69, 9.17) is 16.3 Å². The lowest BCUT2D eigenvalue weighted by Gasteiger charge is -2.29. The van der Waals surface area contributed by atoms with Crippen molar-refractivity contribution in [1.29, 1.82) is 0 Å². The van der Waals surface area contributed by atoms with Crippen LogP contribution in [0.4, 0.5) is 5.69 Å². The molecule has 0 spiro atoms. The van der Waals surface area contributed by atoms with Gasteiger partial charge in [0, 0.05) is 29.4 Å². The fraction of sp³-hybridized carbons (Fsp3) is 0.320. The van der Waals surface area contributed by atoms with Crippen molar-refractivity contribution < 1.29 is 4.74 Å². The molecule has 164 valence electrons. The molecule has 1 unspecified atom stereocenters. The summed E-state index contributed by atoms with van der Waals surface area (Å²) in [5.74, 6) is 1.86. The molecule has 7 heteroatoms. The van der Waals surface area contributed by atoms with Gasteiger partial charge in [0.15, 0.2) is 5.65 Å². The number of hydrogen-bond acceptors (Lipinski definition) is 5. The van der Waals surface area contributed by atoms with Gasteiger partial charge in [-0.2, -0.15) is 4.52 Å². The summed E-state index contributed by atoms with van der Waals surface area (Å²) in [6.45, 7) is 2.28. The smallest absolute Gasteiger partial charge is 0.246 e. The van der Waals surface area contributed by atoms with Gasteiger partial charge in [-0.3, -0.25) is 0 Å². The van der Waals surface area contributed by atoms with Crippen molar-refractivity contribution >= 4 is 22.9 Å². The molecule has 0 amide bonds. The summed E-state index contributed by atoms with van der Waals surface area (Å²) in [4.78, 5) is 0. The van der Waals surface area contributed by atoms with Crippen LogP contribution in [0.2, 0.25) is 5.28 Å². The Hall–Kier alpha value is -3.12. The number of fused-ring (bicyclic) bond motifs is 1. The summed E-state index contributed by atoms with van der Waals surface area (Å²) in [6.07, 6.45) is 6.61. The van der Waals surface area contributed by atoms with Crippen molar-refractivity contribution in [2.24, 2.45) is 5.92 Å². The Bertz CT molecular complexity index is 1200. The Morgan fingerprint density at radius 3 is 2.62 bits per heavy atom. The molecule has 5 rings (SSSR count). The molecule has 2 heterocycles. The van der Waals surface area contributed by atoms with Crippen molar-refractivity contribution in [3.63, 3.8) is 0 Å². The Morgan fingerprint density at radius 2 is 1.81 bits per heavy atom. The van der Waals surface area contributed by atoms with Crippen LogP contribution in [0.25, 0.3) is 16.8 Å². The molecule has 4 aromatic rings. The average Bonchev–Trinajstić information content (AvgIpc) is 3.20. The highest BCUT2D eigenvalue weighted by Crippen LogP contribution is 2.36. The van der Waals surface area contributed by atoms with Crippen molar-refractivity contribution in [2.75, 3.05) is 5.32 Å². The molecule has 6 nitrogen and oxygen atoms in total. The topological polar surface area (TPSA) is 64.3 Å². The molecular formula is C25H26ClN5O. The molecule has 1 aliphatic carbocycles. The molecule has 0 saturated heterocycles. The molecule has 2 aromatic carbocycles. The maximum atomic E-state index is 6.28. The third-order valence-corrected chi connectivity index (χ3v) is 6.47. The second-order valence-electron chi connectivity index (χ2n) is 8.42. The van der Waals surface area contributed by atoms with E-state index in [-0.39, 0.29) is 5.28 Å². The summed E-state index contributed by atoms with van der Waals surface area (Å²) >= 11 is 6.09. The zero-order chi connectivity index (χ0) is 21.9. The second-order valence-corrected chi connectivity index (χ2v) is 8.76. The summed E-state index contributed by atoms with van der Waals surface area (Å²) in [5, 5.41) is 16.2. The molecule has 2 aromatic heterocycles. The summed E-state index contributed by atoms with van der Waals surface area (Å²) in [5.41, 5.74) is 3.69. The third-order valence-electron chi connectivity index (χ3n) is 6.23. The van der Waals surface area contributed by atoms with Gasteiger partial charge in [0.25, 0.3) is 0 Å². The number of nitrogens with zero attached hydrogens (tertiary/aromatic N) is 4. The van der Waals surface area contributed by atoms with Gasteiger partial charge >= 0.3 is 0 Å². The van der Waals surface area contributed by atoms with Gasteiger partial charge in [-0.25, -0.2) is 0 Å². The highest BCUT2D eigenvalue weighted by atomic mass is 35.5. The number of ether oxygens (including phenoxy) is 1. The first kappa shape index (κ1) is 20.8. The Labute approximate surface area is 192 Å². The van der Waals surface area contributed by atoms with Gasteiger partial charge < -0.3 is 10.1 Å². The van der Waals surface area contributed by atoms with Gasteiger partial charge in [0.05, 0.1) is 0 Å². The zero-order valence-corrected chi connectivity index (χ0v) is 18.8. The van der Waals surface area contributed by atoms with Crippen LogP contribution in [0.5, 0.6) is 11.6 Å². The number of rotatable bonds is 6. The van der Waals surface area contributed by atoms with Crippen molar-refractivity contribution in [2.45, 2.75) is 45.1 Å². The van der Waals surface area contributed by atoms with E-state index in [1.165, 1.54) is 36.6 Å². The van der Waals surface area contributed by atoms with E-state index in [1.807, 2.05) is 18.2 Å². The molecule has 32 heavy (non-hydrogen) atoms. The number of aromatic nitrogens is 4. The van der Waals surface area contributed by atoms with E-state index < -0.39 is 0 Å². The van der Waals surface area contributed by atoms with Crippen molar-refractivity contribution in [3.8, 4) is 22.8 Å². The predicted molar refractivity (Wildman–Crippen MR) is 127 cm³/mol. The van der Waals surface area contributed by atoms with Gasteiger partial charge in [-0.15, -0.1) is 15.3 Å². The van der Waals surface area contributed by atoms with E-state index in [2.05, 4.69) is 57.9 Å². The van der Waals surface area contributed by atoms with Crippen LogP contribution in [-0.2, 0) is 0 Å². The van der Waals surface area contributed by atoms with Gasteiger partial charge in [0.2, 0.25) is 11.2 Å². The van der Waals surface area contributed by atoms with E-state index in [0.29, 0.717) is 23.5 Å². The lowest BCUT2D eigenvalue weighted by molar-refractivity contribution is 0.328. The number of halogens is 1. The molecule has 0 radical (unpaired) electrons. The van der Waals surface area contributed by atoms with Gasteiger partial charge in [-0.1, -0.05) is 49.6 Å². The maximum absolute atomic E-state index is 6.28. The fourth-order valence-electron chi connectivity index (χ4n) is 4.48. The highest BCUT2D eigenvalue weighted by Gasteiger charge is 2.20. The maximum Gasteiger partial charge on any atom is 0.246 e. The Kier molecular flexibility index (Phi) is 5.95. The molecule has 0 aliphatic heterocycles. The predicted octanol–water partition coefficient (Wildman–Crippen LogP) is 6.62. The standard InChI is InChI=1S/C25H26ClN5O/c1-17(18-8-4-2-5-9-18)27-20-12-13-21(19-10-6-3-7-11-19)22(16-20)32-24-15-14-23-28-29-25(26)31(23)30-24/h3,6-7,10-18,27H,2,4-5,8-9H2,1H3. The summed E-state index contributed by atoms with van der Waals surface area (Å²) in [6, 6.07) is 20.5. The summed E-state index contributed by atoms with van der Waals surface area (Å²) in [7, 11) is 0. The highest BCUT2D eigenvalue weighted by molar-refractivity contribution is 6.28. The van der Waals surface area contributed by atoms with Gasteiger partial charge in [0.1, 0.15) is 5.75 Å². The van der Waals surface area contributed by atoms with Gasteiger partial charge in [-0.05, 0) is 61.0 Å². The van der Waals surface area contributed by atoms with Crippen LogP contribution in [0.15, 0.2) is 60.7 Å². The average molecular weight is 448 g/mol. The van der Waals surface area contributed by atoms with E-state index in [0.717, 1.165) is 22.6 Å². The first-order valence-electron chi connectivity index (χ1n) is 11.2. The van der Waals surface area contributed by atoms with Crippen LogP contribution in [0.1, 0.15) is 39.0 Å². The van der Waals surface area contributed by atoms with E-state index in [9.17, 15) is 0 Å². The zero-order valence-electron chi connectivity index (χ0n) is 18.0. The Morgan fingerprint density at radius 1 is 1.00 bits per heavy atom. The SMILES string of the molecule is CC(Nc1ccc(-c2ccccc2)c(Oc2ccc3nnc(Cl)n3n2)c1)C1CCCCC1. The van der Waals surface area contributed by atoms with Crippen molar-refractivity contribution in [1.82, 2.24) is 19.8 Å². The number of nitrogens with one attached hydrogen (secondary N) is 1.